The summed E-state index contributed by atoms with van der Waals surface area (Å²) in [5.74, 6) is 3.31. The molecule has 2 rings (SSSR count). The molecule has 3 heteroatoms. The molecule has 1 atom stereocenters. The van der Waals surface area contributed by atoms with Crippen LogP contribution in [0.5, 0.6) is 5.75 Å². The van der Waals surface area contributed by atoms with Crippen molar-refractivity contribution in [1.82, 2.24) is 10.3 Å². The van der Waals surface area contributed by atoms with E-state index in [1.807, 2.05) is 42.5 Å². The average molecular weight is 266 g/mol. The van der Waals surface area contributed by atoms with Gasteiger partial charge < -0.3 is 10.1 Å². The maximum absolute atomic E-state index is 5.53. The maximum Gasteiger partial charge on any atom is 0.148 e. The molecule has 0 aliphatic carbocycles. The van der Waals surface area contributed by atoms with E-state index < -0.39 is 0 Å². The SMILES string of the molecule is C#CCOc1ccccc1CN[C@H](C)c1ccccn1. The summed E-state index contributed by atoms with van der Waals surface area (Å²) in [6.07, 6.45) is 7.03. The molecule has 1 heterocycles. The van der Waals surface area contributed by atoms with Crippen LogP contribution in [0.2, 0.25) is 0 Å². The summed E-state index contributed by atoms with van der Waals surface area (Å²) < 4.78 is 5.53. The Morgan fingerprint density at radius 3 is 2.80 bits per heavy atom. The highest BCUT2D eigenvalue weighted by Crippen LogP contribution is 2.19. The van der Waals surface area contributed by atoms with Crippen molar-refractivity contribution >= 4 is 0 Å². The molecule has 1 aromatic carbocycles. The van der Waals surface area contributed by atoms with Gasteiger partial charge >= 0.3 is 0 Å². The molecule has 0 aliphatic heterocycles. The number of nitrogens with one attached hydrogen (secondary N) is 1. The number of terminal acetylenes is 1. The van der Waals surface area contributed by atoms with Crippen LogP contribution in [0.15, 0.2) is 48.7 Å². The topological polar surface area (TPSA) is 34.1 Å². The number of benzene rings is 1. The molecule has 0 fully saturated rings. The maximum atomic E-state index is 5.53. The van der Waals surface area contributed by atoms with Crippen LogP contribution in [0.1, 0.15) is 24.2 Å². The van der Waals surface area contributed by atoms with Crippen LogP contribution in [0.4, 0.5) is 0 Å². The molecule has 0 spiro atoms. The second kappa shape index (κ2) is 7.32. The first kappa shape index (κ1) is 14.1. The van der Waals surface area contributed by atoms with Crippen LogP contribution in [0.25, 0.3) is 0 Å². The van der Waals surface area contributed by atoms with Crippen molar-refractivity contribution in [2.45, 2.75) is 19.5 Å². The highest BCUT2D eigenvalue weighted by atomic mass is 16.5. The third kappa shape index (κ3) is 3.84. The van der Waals surface area contributed by atoms with Crippen molar-refractivity contribution in [1.29, 1.82) is 0 Å². The number of para-hydroxylation sites is 1. The van der Waals surface area contributed by atoms with E-state index in [0.717, 1.165) is 17.0 Å². The van der Waals surface area contributed by atoms with E-state index in [1.54, 1.807) is 6.20 Å². The van der Waals surface area contributed by atoms with Gasteiger partial charge in [-0.3, -0.25) is 4.98 Å². The Kier molecular flexibility index (Phi) is 5.16. The van der Waals surface area contributed by atoms with Crippen molar-refractivity contribution in [3.8, 4) is 18.1 Å². The quantitative estimate of drug-likeness (QED) is 0.816. The fourth-order valence-electron chi connectivity index (χ4n) is 1.91. The molecule has 0 aliphatic rings. The molecule has 0 bridgehead atoms. The summed E-state index contributed by atoms with van der Waals surface area (Å²) in [4.78, 5) is 4.34. The first-order chi connectivity index (χ1) is 9.81. The normalized spacial score (nSPS) is 11.6. The molecule has 102 valence electrons. The number of hydrogen-bond acceptors (Lipinski definition) is 3. The first-order valence-electron chi connectivity index (χ1n) is 6.59. The molecule has 3 nitrogen and oxygen atoms in total. The van der Waals surface area contributed by atoms with Gasteiger partial charge in [-0.2, -0.15) is 0 Å². The Balaban J connectivity index is 1.99. The zero-order valence-corrected chi connectivity index (χ0v) is 11.5. The smallest absolute Gasteiger partial charge is 0.148 e. The minimum atomic E-state index is 0.178. The summed E-state index contributed by atoms with van der Waals surface area (Å²) in [5.41, 5.74) is 2.11. The Hall–Kier alpha value is -2.31. The van der Waals surface area contributed by atoms with Crippen molar-refractivity contribution < 1.29 is 4.74 Å². The fourth-order valence-corrected chi connectivity index (χ4v) is 1.91. The Morgan fingerprint density at radius 1 is 1.25 bits per heavy atom. The van der Waals surface area contributed by atoms with Crippen molar-refractivity contribution in [2.24, 2.45) is 0 Å². The number of aromatic nitrogens is 1. The van der Waals surface area contributed by atoms with E-state index in [4.69, 9.17) is 11.2 Å². The van der Waals surface area contributed by atoms with Gasteiger partial charge in [0, 0.05) is 24.3 Å². The summed E-state index contributed by atoms with van der Waals surface area (Å²) in [5, 5.41) is 3.44. The van der Waals surface area contributed by atoms with Crippen LogP contribution in [-0.4, -0.2) is 11.6 Å². The van der Waals surface area contributed by atoms with Gasteiger partial charge in [-0.05, 0) is 25.1 Å². The second-order valence-corrected chi connectivity index (χ2v) is 4.46. The van der Waals surface area contributed by atoms with Gasteiger partial charge in [-0.25, -0.2) is 0 Å². The summed E-state index contributed by atoms with van der Waals surface area (Å²) >= 11 is 0. The first-order valence-corrected chi connectivity index (χ1v) is 6.59. The monoisotopic (exact) mass is 266 g/mol. The van der Waals surface area contributed by atoms with Gasteiger partial charge in [0.2, 0.25) is 0 Å². The molecular formula is C17H18N2O. The highest BCUT2D eigenvalue weighted by molar-refractivity contribution is 5.33. The lowest BCUT2D eigenvalue weighted by atomic mass is 10.1. The summed E-state index contributed by atoms with van der Waals surface area (Å²) in [6.45, 7) is 3.08. The zero-order chi connectivity index (χ0) is 14.2. The summed E-state index contributed by atoms with van der Waals surface area (Å²) in [6, 6.07) is 14.0. The van der Waals surface area contributed by atoms with Crippen LogP contribution >= 0.6 is 0 Å². The minimum Gasteiger partial charge on any atom is -0.481 e. The van der Waals surface area contributed by atoms with Gasteiger partial charge in [0.25, 0.3) is 0 Å². The lowest BCUT2D eigenvalue weighted by Crippen LogP contribution is -2.19. The molecule has 0 amide bonds. The number of nitrogens with zero attached hydrogens (tertiary/aromatic N) is 1. The van der Waals surface area contributed by atoms with E-state index in [9.17, 15) is 0 Å². The van der Waals surface area contributed by atoms with Gasteiger partial charge in [-0.15, -0.1) is 6.42 Å². The van der Waals surface area contributed by atoms with E-state index in [-0.39, 0.29) is 12.6 Å². The van der Waals surface area contributed by atoms with Crippen LogP contribution < -0.4 is 10.1 Å². The van der Waals surface area contributed by atoms with Gasteiger partial charge in [0.15, 0.2) is 0 Å². The van der Waals surface area contributed by atoms with Crippen LogP contribution in [-0.2, 0) is 6.54 Å². The number of pyridine rings is 1. The Bertz CT molecular complexity index is 575. The standard InChI is InChI=1S/C17H18N2O/c1-3-12-20-17-10-5-4-8-15(17)13-19-14(2)16-9-6-7-11-18-16/h1,4-11,14,19H,12-13H2,2H3/t14-/m1/s1. The highest BCUT2D eigenvalue weighted by Gasteiger charge is 2.07. The Labute approximate surface area is 120 Å². The molecular weight excluding hydrogens is 248 g/mol. The Morgan fingerprint density at radius 2 is 2.05 bits per heavy atom. The molecule has 0 radical (unpaired) electrons. The molecule has 20 heavy (non-hydrogen) atoms. The van der Waals surface area contributed by atoms with Gasteiger partial charge in [0.1, 0.15) is 12.4 Å². The summed E-state index contributed by atoms with van der Waals surface area (Å²) in [7, 11) is 0. The minimum absolute atomic E-state index is 0.178. The van der Waals surface area contributed by atoms with E-state index in [0.29, 0.717) is 6.54 Å². The van der Waals surface area contributed by atoms with Crippen molar-refractivity contribution in [2.75, 3.05) is 6.61 Å². The average Bonchev–Trinajstić information content (AvgIpc) is 2.52. The largest absolute Gasteiger partial charge is 0.481 e. The van der Waals surface area contributed by atoms with E-state index in [1.165, 1.54) is 0 Å². The third-order valence-electron chi connectivity index (χ3n) is 3.01. The van der Waals surface area contributed by atoms with Gasteiger partial charge in [-0.1, -0.05) is 30.2 Å². The predicted molar refractivity (Wildman–Crippen MR) is 80.3 cm³/mol. The lowest BCUT2D eigenvalue weighted by molar-refractivity contribution is 0.363. The van der Waals surface area contributed by atoms with Gasteiger partial charge in [0.05, 0.1) is 5.69 Å². The molecule has 0 saturated carbocycles. The molecule has 0 unspecified atom stereocenters. The fraction of sp³-hybridized carbons (Fsp3) is 0.235. The number of rotatable bonds is 6. The molecule has 2 aromatic rings. The molecule has 1 N–H and O–H groups in total. The van der Waals surface area contributed by atoms with Crippen LogP contribution in [0.3, 0.4) is 0 Å². The predicted octanol–water partition coefficient (Wildman–Crippen LogP) is 2.94. The van der Waals surface area contributed by atoms with E-state index in [2.05, 4.69) is 23.1 Å². The third-order valence-corrected chi connectivity index (χ3v) is 3.01. The number of hydrogen-bond donors (Lipinski definition) is 1. The van der Waals surface area contributed by atoms with E-state index >= 15 is 0 Å². The van der Waals surface area contributed by atoms with Crippen molar-refractivity contribution in [3.05, 3.63) is 59.9 Å². The lowest BCUT2D eigenvalue weighted by Gasteiger charge is -2.15. The van der Waals surface area contributed by atoms with Crippen molar-refractivity contribution in [3.63, 3.8) is 0 Å². The van der Waals surface area contributed by atoms with Crippen LogP contribution in [0, 0.1) is 12.3 Å². The zero-order valence-electron chi connectivity index (χ0n) is 11.5. The molecule has 0 saturated heterocycles. The second-order valence-electron chi connectivity index (χ2n) is 4.46. The molecule has 1 aromatic heterocycles. The number of ether oxygens (including phenoxy) is 1.